The lowest BCUT2D eigenvalue weighted by Crippen LogP contribution is -1.83. The predicted molar refractivity (Wildman–Crippen MR) is 120 cm³/mol. The minimum atomic E-state index is -0.242. The highest BCUT2D eigenvalue weighted by molar-refractivity contribution is 6.01. The summed E-state index contributed by atoms with van der Waals surface area (Å²) in [4.78, 5) is 12.1. The van der Waals surface area contributed by atoms with Crippen LogP contribution in [0.15, 0.2) is 85.3 Å². The van der Waals surface area contributed by atoms with Gasteiger partial charge in [-0.3, -0.25) is 10.1 Å². The van der Waals surface area contributed by atoms with Crippen molar-refractivity contribution in [2.45, 2.75) is 0 Å². The van der Waals surface area contributed by atoms with Crippen LogP contribution in [0, 0.1) is 5.82 Å². The van der Waals surface area contributed by atoms with Gasteiger partial charge in [-0.05, 0) is 47.5 Å². The number of nitrogens with zero attached hydrogens (tertiary/aromatic N) is 3. The molecule has 4 aromatic heterocycles. The van der Waals surface area contributed by atoms with Crippen LogP contribution in [0.5, 0.6) is 0 Å². The first-order valence-corrected chi connectivity index (χ1v) is 9.89. The van der Waals surface area contributed by atoms with E-state index in [-0.39, 0.29) is 5.82 Å². The molecule has 2 N–H and O–H groups in total. The van der Waals surface area contributed by atoms with Crippen molar-refractivity contribution in [3.05, 3.63) is 91.1 Å². The molecule has 31 heavy (non-hydrogen) atoms. The molecule has 0 spiro atoms. The standard InChI is InChI=1S/C25H16FN5/c26-21-6-2-1-4-18(21)17-5-3-7-22-19(17)13-23(29-22)24-20-12-16(14-28-25(20)31-30-24)15-8-10-27-11-9-15/h1-14,29H,(H,28,30,31). The van der Waals surface area contributed by atoms with Crippen molar-refractivity contribution in [3.63, 3.8) is 0 Å². The van der Waals surface area contributed by atoms with E-state index >= 15 is 0 Å². The highest BCUT2D eigenvalue weighted by atomic mass is 19.1. The molecule has 2 aromatic carbocycles. The van der Waals surface area contributed by atoms with Gasteiger partial charge < -0.3 is 4.98 Å². The number of rotatable bonds is 3. The summed E-state index contributed by atoms with van der Waals surface area (Å²) >= 11 is 0. The number of fused-ring (bicyclic) bond motifs is 2. The summed E-state index contributed by atoms with van der Waals surface area (Å²) in [6.45, 7) is 0. The lowest BCUT2D eigenvalue weighted by atomic mass is 10.0. The molecule has 6 aromatic rings. The molecule has 148 valence electrons. The Balaban J connectivity index is 1.53. The zero-order chi connectivity index (χ0) is 20.8. The van der Waals surface area contributed by atoms with Gasteiger partial charge >= 0.3 is 0 Å². The Kier molecular flexibility index (Phi) is 3.89. The molecule has 0 fully saturated rings. The number of hydrogen-bond donors (Lipinski definition) is 2. The van der Waals surface area contributed by atoms with Crippen molar-refractivity contribution in [2.75, 3.05) is 0 Å². The minimum absolute atomic E-state index is 0.242. The van der Waals surface area contributed by atoms with Crippen LogP contribution in [0.25, 0.3) is 55.6 Å². The average molecular weight is 405 g/mol. The van der Waals surface area contributed by atoms with Crippen LogP contribution in [0.3, 0.4) is 0 Å². The van der Waals surface area contributed by atoms with Crippen LogP contribution in [-0.4, -0.2) is 25.1 Å². The van der Waals surface area contributed by atoms with Crippen molar-refractivity contribution >= 4 is 21.9 Å². The van der Waals surface area contributed by atoms with Crippen LogP contribution in [0.4, 0.5) is 4.39 Å². The molecule has 0 amide bonds. The van der Waals surface area contributed by atoms with Gasteiger partial charge in [-0.2, -0.15) is 5.10 Å². The van der Waals surface area contributed by atoms with Gasteiger partial charge in [0.1, 0.15) is 11.5 Å². The third-order valence-electron chi connectivity index (χ3n) is 5.51. The molecule has 5 nitrogen and oxygen atoms in total. The summed E-state index contributed by atoms with van der Waals surface area (Å²) in [5.74, 6) is -0.242. The van der Waals surface area contributed by atoms with Gasteiger partial charge in [-0.15, -0.1) is 0 Å². The lowest BCUT2D eigenvalue weighted by molar-refractivity contribution is 0.631. The summed E-state index contributed by atoms with van der Waals surface area (Å²) in [5.41, 5.74) is 6.69. The van der Waals surface area contributed by atoms with Crippen molar-refractivity contribution in [3.8, 4) is 33.6 Å². The number of halogens is 1. The largest absolute Gasteiger partial charge is 0.353 e. The van der Waals surface area contributed by atoms with E-state index in [1.807, 2.05) is 48.7 Å². The molecule has 0 aliphatic carbocycles. The topological polar surface area (TPSA) is 70.2 Å². The van der Waals surface area contributed by atoms with E-state index in [9.17, 15) is 4.39 Å². The van der Waals surface area contributed by atoms with Crippen LogP contribution in [0.1, 0.15) is 0 Å². The van der Waals surface area contributed by atoms with E-state index in [1.54, 1.807) is 24.5 Å². The third kappa shape index (κ3) is 2.88. The maximum absolute atomic E-state index is 14.5. The SMILES string of the molecule is Fc1ccccc1-c1cccc2[nH]c(-c3n[nH]c4ncc(-c5ccncc5)cc34)cc12. The number of nitrogens with one attached hydrogen (secondary N) is 2. The highest BCUT2D eigenvalue weighted by Gasteiger charge is 2.15. The Hall–Kier alpha value is -4.32. The fourth-order valence-corrected chi connectivity index (χ4v) is 4.01. The van der Waals surface area contributed by atoms with Gasteiger partial charge in [-0.25, -0.2) is 9.37 Å². The van der Waals surface area contributed by atoms with Crippen molar-refractivity contribution in [1.29, 1.82) is 0 Å². The van der Waals surface area contributed by atoms with Gasteiger partial charge in [0, 0.05) is 46.0 Å². The molecule has 6 rings (SSSR count). The number of aromatic nitrogens is 5. The maximum atomic E-state index is 14.5. The number of hydrogen-bond acceptors (Lipinski definition) is 3. The van der Waals surface area contributed by atoms with E-state index in [2.05, 4.69) is 31.2 Å². The molecular formula is C25H16FN5. The van der Waals surface area contributed by atoms with E-state index in [1.165, 1.54) is 6.07 Å². The highest BCUT2D eigenvalue weighted by Crippen LogP contribution is 2.35. The fourth-order valence-electron chi connectivity index (χ4n) is 4.01. The smallest absolute Gasteiger partial charge is 0.155 e. The summed E-state index contributed by atoms with van der Waals surface area (Å²) in [7, 11) is 0. The Morgan fingerprint density at radius 1 is 0.774 bits per heavy atom. The van der Waals surface area contributed by atoms with Crippen molar-refractivity contribution in [2.24, 2.45) is 0 Å². The zero-order valence-electron chi connectivity index (χ0n) is 16.3. The quantitative estimate of drug-likeness (QED) is 0.381. The lowest BCUT2D eigenvalue weighted by Gasteiger charge is -2.04. The summed E-state index contributed by atoms with van der Waals surface area (Å²) < 4.78 is 14.5. The molecule has 4 heterocycles. The maximum Gasteiger partial charge on any atom is 0.155 e. The van der Waals surface area contributed by atoms with Gasteiger partial charge in [0.2, 0.25) is 0 Å². The van der Waals surface area contributed by atoms with E-state index in [4.69, 9.17) is 0 Å². The van der Waals surface area contributed by atoms with Crippen LogP contribution < -0.4 is 0 Å². The van der Waals surface area contributed by atoms with Crippen LogP contribution >= 0.6 is 0 Å². The Labute approximate surface area is 176 Å². The van der Waals surface area contributed by atoms with E-state index < -0.39 is 0 Å². The third-order valence-corrected chi connectivity index (χ3v) is 5.51. The number of pyridine rings is 2. The Bertz CT molecular complexity index is 1550. The van der Waals surface area contributed by atoms with Gasteiger partial charge in [0.15, 0.2) is 5.65 Å². The molecule has 6 heteroatoms. The molecule has 0 radical (unpaired) electrons. The molecule has 0 aliphatic rings. The van der Waals surface area contributed by atoms with E-state index in [0.29, 0.717) is 11.2 Å². The van der Waals surface area contributed by atoms with Crippen molar-refractivity contribution < 1.29 is 4.39 Å². The van der Waals surface area contributed by atoms with Crippen LogP contribution in [-0.2, 0) is 0 Å². The summed E-state index contributed by atoms with van der Waals surface area (Å²) in [6, 6.07) is 20.7. The van der Waals surface area contributed by atoms with Gasteiger partial charge in [-0.1, -0.05) is 30.3 Å². The Morgan fingerprint density at radius 3 is 2.48 bits per heavy atom. The second-order valence-electron chi connectivity index (χ2n) is 7.36. The van der Waals surface area contributed by atoms with E-state index in [0.717, 1.165) is 44.4 Å². The first-order valence-electron chi connectivity index (χ1n) is 9.89. The molecule has 0 bridgehead atoms. The molecule has 0 aliphatic heterocycles. The zero-order valence-corrected chi connectivity index (χ0v) is 16.3. The molecular weight excluding hydrogens is 389 g/mol. The summed E-state index contributed by atoms with van der Waals surface area (Å²) in [5, 5.41) is 9.37. The number of benzene rings is 2. The molecule has 0 saturated heterocycles. The first kappa shape index (κ1) is 17.5. The second kappa shape index (κ2) is 6.88. The van der Waals surface area contributed by atoms with Crippen LogP contribution in [0.2, 0.25) is 0 Å². The first-order chi connectivity index (χ1) is 15.3. The Morgan fingerprint density at radius 2 is 1.61 bits per heavy atom. The van der Waals surface area contributed by atoms with Gasteiger partial charge in [0.25, 0.3) is 0 Å². The van der Waals surface area contributed by atoms with Crippen molar-refractivity contribution in [1.82, 2.24) is 25.1 Å². The minimum Gasteiger partial charge on any atom is -0.353 e. The predicted octanol–water partition coefficient (Wildman–Crippen LogP) is 5.97. The van der Waals surface area contributed by atoms with Gasteiger partial charge in [0.05, 0.1) is 5.69 Å². The molecule has 0 unspecified atom stereocenters. The monoisotopic (exact) mass is 405 g/mol. The molecule has 0 saturated carbocycles. The molecule has 0 atom stereocenters. The number of aromatic amines is 2. The average Bonchev–Trinajstić information content (AvgIpc) is 3.43. The summed E-state index contributed by atoms with van der Waals surface area (Å²) in [6.07, 6.45) is 5.34. The fraction of sp³-hybridized carbons (Fsp3) is 0. The normalized spacial score (nSPS) is 11.4. The second-order valence-corrected chi connectivity index (χ2v) is 7.36. The number of H-pyrrole nitrogens is 2.